The van der Waals surface area contributed by atoms with Crippen molar-refractivity contribution >= 4 is 16.7 Å². The molecule has 104 valence electrons. The van der Waals surface area contributed by atoms with Gasteiger partial charge in [0.2, 0.25) is 0 Å². The van der Waals surface area contributed by atoms with Gasteiger partial charge in [-0.15, -0.1) is 0 Å². The van der Waals surface area contributed by atoms with Crippen LogP contribution in [0.1, 0.15) is 24.8 Å². The molecule has 2 bridgehead atoms. The van der Waals surface area contributed by atoms with Gasteiger partial charge in [-0.1, -0.05) is 12.1 Å². The van der Waals surface area contributed by atoms with Crippen LogP contribution in [0.2, 0.25) is 0 Å². The second-order valence-electron chi connectivity index (χ2n) is 5.92. The highest BCUT2D eigenvalue weighted by atomic mass is 16.4. The van der Waals surface area contributed by atoms with E-state index >= 15 is 0 Å². The molecule has 20 heavy (non-hydrogen) atoms. The molecule has 0 amide bonds. The lowest BCUT2D eigenvalue weighted by Gasteiger charge is -2.31. The molecule has 0 aliphatic carbocycles. The summed E-state index contributed by atoms with van der Waals surface area (Å²) in [5, 5.41) is 0. The average Bonchev–Trinajstić information content (AvgIpc) is 2.84. The Balaban J connectivity index is 1.83. The molecular formula is C16H18N2O2. The highest BCUT2D eigenvalue weighted by Crippen LogP contribution is 2.39. The first-order valence-electron chi connectivity index (χ1n) is 7.17. The van der Waals surface area contributed by atoms with Crippen LogP contribution in [0.4, 0.5) is 0 Å². The molecule has 2 aliphatic rings. The van der Waals surface area contributed by atoms with Crippen LogP contribution >= 0.6 is 0 Å². The van der Waals surface area contributed by atoms with Crippen molar-refractivity contribution in [2.24, 2.45) is 7.05 Å². The molecule has 4 heteroatoms. The zero-order valence-electron chi connectivity index (χ0n) is 11.8. The highest BCUT2D eigenvalue weighted by Gasteiger charge is 2.35. The summed E-state index contributed by atoms with van der Waals surface area (Å²) in [6, 6.07) is 7.33. The van der Waals surface area contributed by atoms with E-state index in [0.29, 0.717) is 17.7 Å². The third kappa shape index (κ3) is 1.54. The van der Waals surface area contributed by atoms with Crippen LogP contribution in [0.3, 0.4) is 0 Å². The minimum Gasteiger partial charge on any atom is -0.408 e. The molecule has 0 spiro atoms. The molecule has 2 aromatic rings. The summed E-state index contributed by atoms with van der Waals surface area (Å²) in [4.78, 5) is 14.1. The van der Waals surface area contributed by atoms with E-state index in [4.69, 9.17) is 4.42 Å². The SMILES string of the molecule is CN1C2CC=C(c3ccc4c(c3)oc(=O)n4C)C1CC2. The minimum absolute atomic E-state index is 0.298. The predicted molar refractivity (Wildman–Crippen MR) is 78.6 cm³/mol. The number of nitrogens with zero attached hydrogens (tertiary/aromatic N) is 2. The van der Waals surface area contributed by atoms with Crippen molar-refractivity contribution < 1.29 is 4.42 Å². The Bertz CT molecular complexity index is 768. The number of hydrogen-bond donors (Lipinski definition) is 0. The molecule has 1 fully saturated rings. The molecule has 4 rings (SSSR count). The molecule has 1 saturated heterocycles. The first-order chi connectivity index (χ1) is 9.65. The molecule has 0 radical (unpaired) electrons. The van der Waals surface area contributed by atoms with E-state index in [9.17, 15) is 4.79 Å². The monoisotopic (exact) mass is 270 g/mol. The van der Waals surface area contributed by atoms with Crippen molar-refractivity contribution in [2.75, 3.05) is 7.05 Å². The zero-order chi connectivity index (χ0) is 13.9. The summed E-state index contributed by atoms with van der Waals surface area (Å²) < 4.78 is 6.85. The lowest BCUT2D eigenvalue weighted by atomic mass is 9.94. The maximum Gasteiger partial charge on any atom is 0.419 e. The number of benzene rings is 1. The van der Waals surface area contributed by atoms with E-state index in [0.717, 1.165) is 11.9 Å². The number of fused-ring (bicyclic) bond motifs is 3. The van der Waals surface area contributed by atoms with Crippen LogP contribution in [0.25, 0.3) is 16.7 Å². The number of likely N-dealkylation sites (N-methyl/N-ethyl adjacent to an activating group) is 1. The van der Waals surface area contributed by atoms with Crippen LogP contribution in [0, 0.1) is 0 Å². The normalized spacial score (nSPS) is 26.2. The molecule has 2 aliphatic heterocycles. The number of hydrogen-bond acceptors (Lipinski definition) is 3. The van der Waals surface area contributed by atoms with E-state index in [2.05, 4.69) is 24.1 Å². The Morgan fingerprint density at radius 1 is 1.25 bits per heavy atom. The molecule has 0 N–H and O–H groups in total. The Morgan fingerprint density at radius 2 is 2.10 bits per heavy atom. The fourth-order valence-corrected chi connectivity index (χ4v) is 3.69. The zero-order valence-corrected chi connectivity index (χ0v) is 11.8. The summed E-state index contributed by atoms with van der Waals surface area (Å²) >= 11 is 0. The highest BCUT2D eigenvalue weighted by molar-refractivity contribution is 5.81. The van der Waals surface area contributed by atoms with E-state index < -0.39 is 0 Å². The Kier molecular flexibility index (Phi) is 2.45. The molecular weight excluding hydrogens is 252 g/mol. The van der Waals surface area contributed by atoms with Gasteiger partial charge in [0.1, 0.15) is 0 Å². The minimum atomic E-state index is -0.298. The van der Waals surface area contributed by atoms with E-state index in [-0.39, 0.29) is 5.76 Å². The maximum absolute atomic E-state index is 11.6. The van der Waals surface area contributed by atoms with Crippen LogP contribution in [0.5, 0.6) is 0 Å². The van der Waals surface area contributed by atoms with Crippen LogP contribution < -0.4 is 5.76 Å². The molecule has 4 nitrogen and oxygen atoms in total. The Hall–Kier alpha value is -1.81. The molecule has 0 saturated carbocycles. The van der Waals surface area contributed by atoms with Crippen LogP contribution in [0.15, 0.2) is 33.5 Å². The number of aromatic nitrogens is 1. The van der Waals surface area contributed by atoms with Gasteiger partial charge in [0.25, 0.3) is 0 Å². The van der Waals surface area contributed by atoms with Crippen molar-refractivity contribution in [1.82, 2.24) is 9.47 Å². The lowest BCUT2D eigenvalue weighted by Crippen LogP contribution is -2.35. The van der Waals surface area contributed by atoms with Gasteiger partial charge < -0.3 is 4.42 Å². The van der Waals surface area contributed by atoms with Crippen LogP contribution in [-0.2, 0) is 7.05 Å². The van der Waals surface area contributed by atoms with Crippen molar-refractivity contribution in [3.05, 3.63) is 40.4 Å². The molecule has 3 heterocycles. The maximum atomic E-state index is 11.6. The number of oxazole rings is 1. The molecule has 1 aromatic heterocycles. The fourth-order valence-electron chi connectivity index (χ4n) is 3.69. The van der Waals surface area contributed by atoms with E-state index in [1.807, 2.05) is 12.1 Å². The molecule has 2 unspecified atom stereocenters. The molecule has 2 atom stereocenters. The van der Waals surface area contributed by atoms with Gasteiger partial charge in [0, 0.05) is 19.1 Å². The van der Waals surface area contributed by atoms with Crippen molar-refractivity contribution in [3.8, 4) is 0 Å². The first-order valence-corrected chi connectivity index (χ1v) is 7.17. The Labute approximate surface area is 117 Å². The lowest BCUT2D eigenvalue weighted by molar-refractivity contribution is 0.267. The second-order valence-corrected chi connectivity index (χ2v) is 5.92. The van der Waals surface area contributed by atoms with Gasteiger partial charge in [-0.05, 0) is 49.6 Å². The largest absolute Gasteiger partial charge is 0.419 e. The smallest absolute Gasteiger partial charge is 0.408 e. The topological polar surface area (TPSA) is 38.4 Å². The third-order valence-corrected chi connectivity index (χ3v) is 4.94. The van der Waals surface area contributed by atoms with Crippen LogP contribution in [-0.4, -0.2) is 28.6 Å². The van der Waals surface area contributed by atoms with Gasteiger partial charge in [-0.25, -0.2) is 4.79 Å². The van der Waals surface area contributed by atoms with Crippen molar-refractivity contribution in [1.29, 1.82) is 0 Å². The average molecular weight is 270 g/mol. The second kappa shape index (κ2) is 4.09. The fraction of sp³-hybridized carbons (Fsp3) is 0.438. The van der Waals surface area contributed by atoms with Gasteiger partial charge in [-0.2, -0.15) is 0 Å². The summed E-state index contributed by atoms with van der Waals surface area (Å²) in [6.45, 7) is 0. The quantitative estimate of drug-likeness (QED) is 0.798. The molecule has 1 aromatic carbocycles. The summed E-state index contributed by atoms with van der Waals surface area (Å²) in [7, 11) is 3.96. The van der Waals surface area contributed by atoms with Crippen molar-refractivity contribution in [2.45, 2.75) is 31.3 Å². The first kappa shape index (κ1) is 12.0. The summed E-state index contributed by atoms with van der Waals surface area (Å²) in [6.07, 6.45) is 6.00. The summed E-state index contributed by atoms with van der Waals surface area (Å²) in [5.74, 6) is -0.298. The predicted octanol–water partition coefficient (Wildman–Crippen LogP) is 2.38. The van der Waals surface area contributed by atoms with Gasteiger partial charge in [0.05, 0.1) is 5.52 Å². The summed E-state index contributed by atoms with van der Waals surface area (Å²) in [5.41, 5.74) is 4.10. The van der Waals surface area contributed by atoms with Crippen molar-refractivity contribution in [3.63, 3.8) is 0 Å². The van der Waals surface area contributed by atoms with E-state index in [1.165, 1.54) is 24.0 Å². The number of aryl methyl sites for hydroxylation is 1. The van der Waals surface area contributed by atoms with Gasteiger partial charge in [-0.3, -0.25) is 9.47 Å². The van der Waals surface area contributed by atoms with E-state index in [1.54, 1.807) is 11.6 Å². The van der Waals surface area contributed by atoms with Gasteiger partial charge in [0.15, 0.2) is 5.58 Å². The standard InChI is InChI=1S/C16H18N2O2/c1-17-11-4-6-12(13(17)8-5-11)10-3-7-14-15(9-10)20-16(19)18(14)2/h3,6-7,9,11,13H,4-5,8H2,1-2H3. The number of rotatable bonds is 1. The van der Waals surface area contributed by atoms with Gasteiger partial charge >= 0.3 is 5.76 Å². The Morgan fingerprint density at radius 3 is 2.95 bits per heavy atom. The third-order valence-electron chi connectivity index (χ3n) is 4.94.